The lowest BCUT2D eigenvalue weighted by molar-refractivity contribution is 0.0846. The highest BCUT2D eigenvalue weighted by Gasteiger charge is 2.16. The van der Waals surface area contributed by atoms with Crippen molar-refractivity contribution in [2.45, 2.75) is 13.8 Å². The third kappa shape index (κ3) is 2.81. The van der Waals surface area contributed by atoms with Crippen molar-refractivity contribution in [3.8, 4) is 0 Å². The first-order chi connectivity index (χ1) is 11.5. The van der Waals surface area contributed by atoms with Crippen LogP contribution in [-0.2, 0) is 7.05 Å². The van der Waals surface area contributed by atoms with E-state index in [2.05, 4.69) is 25.9 Å². The molecule has 0 aliphatic heterocycles. The van der Waals surface area contributed by atoms with Gasteiger partial charge in [-0.05, 0) is 32.0 Å². The normalized spacial score (nSPS) is 10.6. The average molecular weight is 324 g/mol. The van der Waals surface area contributed by atoms with Gasteiger partial charge in [-0.1, -0.05) is 0 Å². The largest absolute Gasteiger partial charge is 0.271 e. The molecule has 3 aromatic rings. The molecule has 2 amide bonds. The van der Waals surface area contributed by atoms with Crippen molar-refractivity contribution in [2.75, 3.05) is 0 Å². The van der Waals surface area contributed by atoms with Crippen molar-refractivity contribution in [2.24, 2.45) is 7.05 Å². The molecule has 0 saturated heterocycles. The summed E-state index contributed by atoms with van der Waals surface area (Å²) in [4.78, 5) is 32.6. The number of carbonyl (C=O) groups excluding carboxylic acids is 2. The van der Waals surface area contributed by atoms with E-state index in [4.69, 9.17) is 0 Å². The minimum atomic E-state index is -0.444. The van der Waals surface area contributed by atoms with Gasteiger partial charge in [0.2, 0.25) is 0 Å². The minimum absolute atomic E-state index is 0.353. The molecule has 3 heterocycles. The Morgan fingerprint density at radius 1 is 1.12 bits per heavy atom. The summed E-state index contributed by atoms with van der Waals surface area (Å²) in [6, 6.07) is 4.97. The molecular formula is C16H16N6O2. The second-order valence-electron chi connectivity index (χ2n) is 5.35. The first kappa shape index (κ1) is 15.6. The first-order valence-electron chi connectivity index (χ1n) is 7.29. The van der Waals surface area contributed by atoms with E-state index in [9.17, 15) is 9.59 Å². The lowest BCUT2D eigenvalue weighted by Gasteiger charge is -2.09. The van der Waals surface area contributed by atoms with Gasteiger partial charge in [-0.25, -0.2) is 4.98 Å². The van der Waals surface area contributed by atoms with E-state index < -0.39 is 11.8 Å². The molecular weight excluding hydrogens is 308 g/mol. The van der Waals surface area contributed by atoms with Gasteiger partial charge in [-0.2, -0.15) is 5.10 Å². The predicted octanol–water partition coefficient (Wildman–Crippen LogP) is 1.05. The van der Waals surface area contributed by atoms with Crippen LogP contribution < -0.4 is 10.9 Å². The quantitative estimate of drug-likeness (QED) is 0.686. The SMILES string of the molecule is Cc1nc2c(cc1C(=O)NNC(=O)c1cccnc1)c(C)nn2C. The fraction of sp³-hybridized carbons (Fsp3) is 0.188. The summed E-state index contributed by atoms with van der Waals surface area (Å²) in [5, 5.41) is 5.09. The van der Waals surface area contributed by atoms with Crippen molar-refractivity contribution in [3.05, 3.63) is 53.1 Å². The van der Waals surface area contributed by atoms with E-state index in [-0.39, 0.29) is 0 Å². The Kier molecular flexibility index (Phi) is 3.95. The molecule has 0 fully saturated rings. The van der Waals surface area contributed by atoms with E-state index in [0.29, 0.717) is 22.5 Å². The molecule has 122 valence electrons. The van der Waals surface area contributed by atoms with Gasteiger partial charge in [0.25, 0.3) is 11.8 Å². The summed E-state index contributed by atoms with van der Waals surface area (Å²) in [7, 11) is 1.80. The maximum atomic E-state index is 12.4. The molecule has 2 N–H and O–H groups in total. The van der Waals surface area contributed by atoms with E-state index in [1.165, 1.54) is 6.20 Å². The molecule has 0 aliphatic rings. The highest BCUT2D eigenvalue weighted by Crippen LogP contribution is 2.19. The molecule has 0 aliphatic carbocycles. The Bertz CT molecular complexity index is 933. The third-order valence-electron chi connectivity index (χ3n) is 3.65. The zero-order valence-corrected chi connectivity index (χ0v) is 13.5. The summed E-state index contributed by atoms with van der Waals surface area (Å²) in [6.07, 6.45) is 2.98. The van der Waals surface area contributed by atoms with Gasteiger partial charge in [0.05, 0.1) is 22.5 Å². The molecule has 8 heteroatoms. The van der Waals surface area contributed by atoms with Gasteiger partial charge in [-0.3, -0.25) is 30.1 Å². The first-order valence-corrected chi connectivity index (χ1v) is 7.29. The second kappa shape index (κ2) is 6.07. The molecule has 0 saturated carbocycles. The van der Waals surface area contributed by atoms with Crippen molar-refractivity contribution >= 4 is 22.8 Å². The van der Waals surface area contributed by atoms with Crippen LogP contribution in [-0.4, -0.2) is 31.6 Å². The standard InChI is InChI=1S/C16H16N6O2/c1-9-13(7-12-10(2)21-22(3)14(12)18-9)16(24)20-19-15(23)11-5-4-6-17-8-11/h4-8H,1-3H3,(H,19,23)(H,20,24). The number of nitrogens with one attached hydrogen (secondary N) is 2. The van der Waals surface area contributed by atoms with Crippen molar-refractivity contribution in [1.29, 1.82) is 0 Å². The summed E-state index contributed by atoms with van der Waals surface area (Å²) >= 11 is 0. The minimum Gasteiger partial charge on any atom is -0.267 e. The van der Waals surface area contributed by atoms with Gasteiger partial charge in [0, 0.05) is 24.8 Å². The Labute approximate surface area is 137 Å². The zero-order chi connectivity index (χ0) is 17.3. The van der Waals surface area contributed by atoms with Gasteiger partial charge in [0.15, 0.2) is 5.65 Å². The number of hydrogen-bond acceptors (Lipinski definition) is 5. The van der Waals surface area contributed by atoms with E-state index in [1.807, 2.05) is 6.92 Å². The fourth-order valence-corrected chi connectivity index (χ4v) is 2.41. The number of carbonyl (C=O) groups is 2. The number of hydrogen-bond donors (Lipinski definition) is 2. The number of rotatable bonds is 2. The molecule has 0 atom stereocenters. The average Bonchev–Trinajstić information content (AvgIpc) is 2.86. The number of aromatic nitrogens is 4. The second-order valence-corrected chi connectivity index (χ2v) is 5.35. The Morgan fingerprint density at radius 3 is 2.58 bits per heavy atom. The van der Waals surface area contributed by atoms with E-state index >= 15 is 0 Å². The summed E-state index contributed by atoms with van der Waals surface area (Å²) in [5.74, 6) is -0.886. The van der Waals surface area contributed by atoms with Gasteiger partial charge >= 0.3 is 0 Å². The highest BCUT2D eigenvalue weighted by atomic mass is 16.2. The van der Waals surface area contributed by atoms with Gasteiger partial charge in [0.1, 0.15) is 0 Å². The predicted molar refractivity (Wildman–Crippen MR) is 87.2 cm³/mol. The van der Waals surface area contributed by atoms with Crippen LogP contribution >= 0.6 is 0 Å². The number of fused-ring (bicyclic) bond motifs is 1. The van der Waals surface area contributed by atoms with Gasteiger partial charge < -0.3 is 0 Å². The maximum Gasteiger partial charge on any atom is 0.271 e. The molecule has 0 bridgehead atoms. The van der Waals surface area contributed by atoms with Crippen LogP contribution in [0.4, 0.5) is 0 Å². The van der Waals surface area contributed by atoms with Crippen molar-refractivity contribution in [3.63, 3.8) is 0 Å². The lowest BCUT2D eigenvalue weighted by atomic mass is 10.1. The van der Waals surface area contributed by atoms with E-state index in [1.54, 1.807) is 43.0 Å². The van der Waals surface area contributed by atoms with Crippen LogP contribution in [0.15, 0.2) is 30.6 Å². The number of aryl methyl sites for hydroxylation is 3. The van der Waals surface area contributed by atoms with Crippen LogP contribution in [0.1, 0.15) is 32.1 Å². The molecule has 8 nitrogen and oxygen atoms in total. The van der Waals surface area contributed by atoms with Crippen LogP contribution in [0, 0.1) is 13.8 Å². The maximum absolute atomic E-state index is 12.4. The monoisotopic (exact) mass is 324 g/mol. The summed E-state index contributed by atoms with van der Waals surface area (Å²) < 4.78 is 1.67. The topological polar surface area (TPSA) is 102 Å². The fourth-order valence-electron chi connectivity index (χ4n) is 2.41. The van der Waals surface area contributed by atoms with Gasteiger partial charge in [-0.15, -0.1) is 0 Å². The lowest BCUT2D eigenvalue weighted by Crippen LogP contribution is -2.42. The third-order valence-corrected chi connectivity index (χ3v) is 3.65. The molecule has 0 aromatic carbocycles. The Hall–Kier alpha value is -3.29. The molecule has 24 heavy (non-hydrogen) atoms. The number of hydrazine groups is 1. The van der Waals surface area contributed by atoms with Crippen LogP contribution in [0.2, 0.25) is 0 Å². The molecule has 0 radical (unpaired) electrons. The summed E-state index contributed by atoms with van der Waals surface area (Å²) in [6.45, 7) is 3.59. The van der Waals surface area contributed by atoms with Crippen molar-refractivity contribution in [1.82, 2.24) is 30.6 Å². The molecule has 0 unspecified atom stereocenters. The highest BCUT2D eigenvalue weighted by molar-refractivity contribution is 6.01. The Balaban J connectivity index is 1.80. The van der Waals surface area contributed by atoms with Crippen LogP contribution in [0.25, 0.3) is 11.0 Å². The number of nitrogens with zero attached hydrogens (tertiary/aromatic N) is 4. The van der Waals surface area contributed by atoms with Crippen LogP contribution in [0.5, 0.6) is 0 Å². The molecule has 3 aromatic heterocycles. The van der Waals surface area contributed by atoms with Crippen LogP contribution in [0.3, 0.4) is 0 Å². The molecule has 0 spiro atoms. The van der Waals surface area contributed by atoms with Crippen molar-refractivity contribution < 1.29 is 9.59 Å². The number of pyridine rings is 2. The Morgan fingerprint density at radius 2 is 1.88 bits per heavy atom. The number of amides is 2. The smallest absolute Gasteiger partial charge is 0.267 e. The molecule has 3 rings (SSSR count). The zero-order valence-electron chi connectivity index (χ0n) is 13.5. The van der Waals surface area contributed by atoms with E-state index in [0.717, 1.165) is 11.1 Å². The summed E-state index contributed by atoms with van der Waals surface area (Å²) in [5.41, 5.74) is 7.54.